The molecule has 0 aliphatic rings. The van der Waals surface area contributed by atoms with Crippen LogP contribution in [0.3, 0.4) is 0 Å². The van der Waals surface area contributed by atoms with Crippen LogP contribution in [0.1, 0.15) is 20.8 Å². The molecule has 0 radical (unpaired) electrons. The molecule has 1 aromatic rings. The highest BCUT2D eigenvalue weighted by Crippen LogP contribution is 2.20. The number of nitrogens with two attached hydrogens (primary N) is 1. The minimum atomic E-state index is -0.547. The summed E-state index contributed by atoms with van der Waals surface area (Å²) in [7, 11) is 1.59. The van der Waals surface area contributed by atoms with Crippen LogP contribution in [-0.2, 0) is 4.79 Å². The van der Waals surface area contributed by atoms with E-state index in [1.165, 1.54) is 0 Å². The molecule has 1 amide bonds. The minimum absolute atomic E-state index is 0.189. The summed E-state index contributed by atoms with van der Waals surface area (Å²) in [5, 5.41) is 2.78. The fourth-order valence-electron chi connectivity index (χ4n) is 1.31. The number of nitrogens with one attached hydrogen (secondary N) is 1. The lowest BCUT2D eigenvalue weighted by Gasteiger charge is -2.25. The van der Waals surface area contributed by atoms with Gasteiger partial charge in [0.25, 0.3) is 0 Å². The summed E-state index contributed by atoms with van der Waals surface area (Å²) in [4.78, 5) is 11.9. The second-order valence-electron chi connectivity index (χ2n) is 5.06. The van der Waals surface area contributed by atoms with Gasteiger partial charge >= 0.3 is 0 Å². The van der Waals surface area contributed by atoms with Gasteiger partial charge in [0.15, 0.2) is 0 Å². The van der Waals surface area contributed by atoms with Crippen molar-refractivity contribution < 1.29 is 9.53 Å². The molecule has 0 unspecified atom stereocenters. The van der Waals surface area contributed by atoms with E-state index < -0.39 is 6.04 Å². The third-order valence-corrected chi connectivity index (χ3v) is 2.55. The Hall–Kier alpha value is -1.55. The molecule has 0 aliphatic heterocycles. The molecular formula is C13H20N2O2. The molecule has 0 saturated heterocycles. The number of hydrogen-bond donors (Lipinski definition) is 2. The first kappa shape index (κ1) is 13.5. The van der Waals surface area contributed by atoms with Gasteiger partial charge in [-0.05, 0) is 17.5 Å². The predicted octanol–water partition coefficient (Wildman–Crippen LogP) is 2.01. The Morgan fingerprint density at radius 3 is 2.59 bits per heavy atom. The number of ether oxygens (including phenoxy) is 1. The van der Waals surface area contributed by atoms with E-state index in [4.69, 9.17) is 10.5 Å². The number of methoxy groups -OCH3 is 1. The van der Waals surface area contributed by atoms with Gasteiger partial charge in [0, 0.05) is 11.8 Å². The second-order valence-corrected chi connectivity index (χ2v) is 5.06. The van der Waals surface area contributed by atoms with Crippen LogP contribution in [0.25, 0.3) is 0 Å². The van der Waals surface area contributed by atoms with Gasteiger partial charge in [-0.1, -0.05) is 26.8 Å². The number of carbonyl (C=O) groups excluding carboxylic acids is 1. The molecule has 4 nitrogen and oxygen atoms in total. The molecule has 0 saturated carbocycles. The standard InChI is InChI=1S/C13H20N2O2/c1-13(2,3)11(14)12(16)15-9-6-5-7-10(8-9)17-4/h5-8,11H,14H2,1-4H3,(H,15,16)/t11-/m0/s1. The van der Waals surface area contributed by atoms with Gasteiger partial charge < -0.3 is 15.8 Å². The Morgan fingerprint density at radius 1 is 1.41 bits per heavy atom. The van der Waals surface area contributed by atoms with Crippen LogP contribution in [-0.4, -0.2) is 19.1 Å². The molecule has 1 aromatic carbocycles. The number of hydrogen-bond acceptors (Lipinski definition) is 3. The van der Waals surface area contributed by atoms with E-state index in [0.29, 0.717) is 11.4 Å². The zero-order chi connectivity index (χ0) is 13.1. The first-order chi connectivity index (χ1) is 7.84. The minimum Gasteiger partial charge on any atom is -0.497 e. The SMILES string of the molecule is COc1cccc(NC(=O)[C@H](N)C(C)(C)C)c1. The third kappa shape index (κ3) is 3.75. The van der Waals surface area contributed by atoms with Gasteiger partial charge in [-0.3, -0.25) is 4.79 Å². The van der Waals surface area contributed by atoms with Crippen molar-refractivity contribution >= 4 is 11.6 Å². The normalized spacial score (nSPS) is 13.0. The molecule has 0 spiro atoms. The van der Waals surface area contributed by atoms with Crippen LogP contribution in [0.2, 0.25) is 0 Å². The fraction of sp³-hybridized carbons (Fsp3) is 0.462. The summed E-state index contributed by atoms with van der Waals surface area (Å²) < 4.78 is 5.08. The monoisotopic (exact) mass is 236 g/mol. The van der Waals surface area contributed by atoms with E-state index in [9.17, 15) is 4.79 Å². The molecule has 0 aliphatic carbocycles. The van der Waals surface area contributed by atoms with Crippen molar-refractivity contribution in [3.63, 3.8) is 0 Å². The summed E-state index contributed by atoms with van der Waals surface area (Å²) in [6.07, 6.45) is 0. The Bertz CT molecular complexity index is 397. The highest BCUT2D eigenvalue weighted by atomic mass is 16.5. The lowest BCUT2D eigenvalue weighted by Crippen LogP contribution is -2.45. The summed E-state index contributed by atoms with van der Waals surface area (Å²) >= 11 is 0. The van der Waals surface area contributed by atoms with Crippen LogP contribution in [0, 0.1) is 5.41 Å². The molecule has 4 heteroatoms. The summed E-state index contributed by atoms with van der Waals surface area (Å²) in [5.74, 6) is 0.512. The highest BCUT2D eigenvalue weighted by molar-refractivity contribution is 5.95. The number of rotatable bonds is 3. The van der Waals surface area contributed by atoms with Crippen molar-refractivity contribution in [3.05, 3.63) is 24.3 Å². The number of anilines is 1. The molecule has 94 valence electrons. The second kappa shape index (κ2) is 5.19. The van der Waals surface area contributed by atoms with Gasteiger partial charge in [-0.15, -0.1) is 0 Å². The smallest absolute Gasteiger partial charge is 0.241 e. The van der Waals surface area contributed by atoms with Crippen LogP contribution in [0.5, 0.6) is 5.75 Å². The molecule has 1 atom stereocenters. The Labute approximate surface area is 102 Å². The molecule has 3 N–H and O–H groups in total. The van der Waals surface area contributed by atoms with Crippen LogP contribution < -0.4 is 15.8 Å². The fourth-order valence-corrected chi connectivity index (χ4v) is 1.31. The summed E-state index contributed by atoms with van der Waals surface area (Å²) in [5.41, 5.74) is 6.30. The number of amides is 1. The zero-order valence-corrected chi connectivity index (χ0v) is 10.8. The average Bonchev–Trinajstić information content (AvgIpc) is 2.27. The van der Waals surface area contributed by atoms with Crippen molar-refractivity contribution in [2.45, 2.75) is 26.8 Å². The van der Waals surface area contributed by atoms with E-state index in [1.807, 2.05) is 32.9 Å². The van der Waals surface area contributed by atoms with Gasteiger partial charge in [-0.25, -0.2) is 0 Å². The van der Waals surface area contributed by atoms with Gasteiger partial charge in [-0.2, -0.15) is 0 Å². The summed E-state index contributed by atoms with van der Waals surface area (Å²) in [6, 6.07) is 6.65. The third-order valence-electron chi connectivity index (χ3n) is 2.55. The zero-order valence-electron chi connectivity index (χ0n) is 10.8. The molecule has 0 heterocycles. The van der Waals surface area contributed by atoms with E-state index in [2.05, 4.69) is 5.32 Å². The molecule has 0 aromatic heterocycles. The molecule has 0 bridgehead atoms. The van der Waals surface area contributed by atoms with Gasteiger partial charge in [0.05, 0.1) is 13.2 Å². The first-order valence-corrected chi connectivity index (χ1v) is 5.55. The number of benzene rings is 1. The highest BCUT2D eigenvalue weighted by Gasteiger charge is 2.27. The number of carbonyl (C=O) groups is 1. The lowest BCUT2D eigenvalue weighted by atomic mass is 9.87. The van der Waals surface area contributed by atoms with Crippen molar-refractivity contribution in [1.29, 1.82) is 0 Å². The van der Waals surface area contributed by atoms with E-state index in [0.717, 1.165) is 0 Å². The van der Waals surface area contributed by atoms with Gasteiger partial charge in [0.1, 0.15) is 5.75 Å². The largest absolute Gasteiger partial charge is 0.497 e. The molecular weight excluding hydrogens is 216 g/mol. The van der Waals surface area contributed by atoms with E-state index in [1.54, 1.807) is 19.2 Å². The van der Waals surface area contributed by atoms with E-state index >= 15 is 0 Å². The summed E-state index contributed by atoms with van der Waals surface area (Å²) in [6.45, 7) is 5.80. The van der Waals surface area contributed by atoms with Crippen molar-refractivity contribution in [2.75, 3.05) is 12.4 Å². The maximum absolute atomic E-state index is 11.9. The average molecular weight is 236 g/mol. The van der Waals surface area contributed by atoms with Crippen LogP contribution in [0.15, 0.2) is 24.3 Å². The maximum Gasteiger partial charge on any atom is 0.241 e. The maximum atomic E-state index is 11.9. The van der Waals surface area contributed by atoms with Crippen molar-refractivity contribution in [2.24, 2.45) is 11.1 Å². The lowest BCUT2D eigenvalue weighted by molar-refractivity contribution is -0.119. The van der Waals surface area contributed by atoms with Crippen LogP contribution in [0.4, 0.5) is 5.69 Å². The van der Waals surface area contributed by atoms with Crippen LogP contribution >= 0.6 is 0 Å². The molecule has 17 heavy (non-hydrogen) atoms. The van der Waals surface area contributed by atoms with Gasteiger partial charge in [0.2, 0.25) is 5.91 Å². The molecule has 1 rings (SSSR count). The first-order valence-electron chi connectivity index (χ1n) is 5.55. The Balaban J connectivity index is 2.74. The Morgan fingerprint density at radius 2 is 2.06 bits per heavy atom. The Kier molecular flexibility index (Phi) is 4.12. The predicted molar refractivity (Wildman–Crippen MR) is 69.1 cm³/mol. The van der Waals surface area contributed by atoms with E-state index in [-0.39, 0.29) is 11.3 Å². The van der Waals surface area contributed by atoms with Crippen molar-refractivity contribution in [1.82, 2.24) is 0 Å². The quantitative estimate of drug-likeness (QED) is 0.843. The van der Waals surface area contributed by atoms with Crippen molar-refractivity contribution in [3.8, 4) is 5.75 Å². The topological polar surface area (TPSA) is 64.3 Å². The molecule has 0 fully saturated rings.